The van der Waals surface area contributed by atoms with Crippen LogP contribution in [-0.2, 0) is 14.4 Å². The first-order chi connectivity index (χ1) is 9.50. The van der Waals surface area contributed by atoms with Gasteiger partial charge in [0.2, 0.25) is 17.7 Å². The average molecular weight is 321 g/mol. The number of hydrogen-bond donors (Lipinski definition) is 3. The molecule has 7 nitrogen and oxygen atoms in total. The molecule has 0 radical (unpaired) electrons. The second-order valence-corrected chi connectivity index (χ2v) is 4.97. The Labute approximate surface area is 131 Å². The van der Waals surface area contributed by atoms with Crippen LogP contribution >= 0.6 is 12.4 Å². The van der Waals surface area contributed by atoms with Crippen LogP contribution in [0.2, 0.25) is 0 Å². The van der Waals surface area contributed by atoms with Gasteiger partial charge in [0.05, 0.1) is 0 Å². The third-order valence-electron chi connectivity index (χ3n) is 3.21. The van der Waals surface area contributed by atoms with Crippen molar-refractivity contribution in [1.29, 1.82) is 0 Å². The number of halogens is 1. The highest BCUT2D eigenvalue weighted by Crippen LogP contribution is 2.06. The van der Waals surface area contributed by atoms with Gasteiger partial charge in [0, 0.05) is 58.5 Å². The maximum Gasteiger partial charge on any atom is 0.223 e. The van der Waals surface area contributed by atoms with Gasteiger partial charge in [0.15, 0.2) is 0 Å². The van der Waals surface area contributed by atoms with Gasteiger partial charge in [-0.1, -0.05) is 0 Å². The quantitative estimate of drug-likeness (QED) is 0.562. The van der Waals surface area contributed by atoms with E-state index in [2.05, 4.69) is 16.0 Å². The molecule has 0 bridgehead atoms. The fraction of sp³-hybridized carbons (Fsp3) is 0.769. The van der Waals surface area contributed by atoms with Crippen molar-refractivity contribution in [1.82, 2.24) is 20.9 Å². The van der Waals surface area contributed by atoms with Gasteiger partial charge in [0.25, 0.3) is 0 Å². The average Bonchev–Trinajstić information content (AvgIpc) is 2.41. The summed E-state index contributed by atoms with van der Waals surface area (Å²) in [6.07, 6.45) is 0.422. The minimum absolute atomic E-state index is 0. The van der Waals surface area contributed by atoms with Crippen molar-refractivity contribution in [2.24, 2.45) is 0 Å². The third-order valence-corrected chi connectivity index (χ3v) is 3.21. The van der Waals surface area contributed by atoms with Crippen LogP contribution in [0.3, 0.4) is 0 Å². The Morgan fingerprint density at radius 2 is 1.86 bits per heavy atom. The van der Waals surface area contributed by atoms with E-state index in [4.69, 9.17) is 0 Å². The number of hydrogen-bond acceptors (Lipinski definition) is 4. The van der Waals surface area contributed by atoms with E-state index in [1.807, 2.05) is 11.8 Å². The number of carbonyl (C=O) groups is 3. The molecule has 21 heavy (non-hydrogen) atoms. The zero-order chi connectivity index (χ0) is 15.0. The molecule has 0 aromatic carbocycles. The maximum atomic E-state index is 12.0. The Kier molecular flexibility index (Phi) is 9.73. The van der Waals surface area contributed by atoms with Gasteiger partial charge in [-0.2, -0.15) is 0 Å². The summed E-state index contributed by atoms with van der Waals surface area (Å²) in [5.74, 6) is -0.260. The molecule has 0 aliphatic carbocycles. The zero-order valence-corrected chi connectivity index (χ0v) is 13.4. The smallest absolute Gasteiger partial charge is 0.223 e. The molecule has 3 N–H and O–H groups in total. The molecule has 1 saturated heterocycles. The molecule has 8 heteroatoms. The fourth-order valence-corrected chi connectivity index (χ4v) is 2.10. The zero-order valence-electron chi connectivity index (χ0n) is 12.6. The van der Waals surface area contributed by atoms with E-state index in [1.54, 1.807) is 0 Å². The van der Waals surface area contributed by atoms with Crippen molar-refractivity contribution in [3.8, 4) is 0 Å². The van der Waals surface area contributed by atoms with E-state index >= 15 is 0 Å². The van der Waals surface area contributed by atoms with Crippen molar-refractivity contribution in [3.05, 3.63) is 0 Å². The lowest BCUT2D eigenvalue weighted by Gasteiger charge is -2.34. The molecule has 1 aliphatic heterocycles. The summed E-state index contributed by atoms with van der Waals surface area (Å²) in [4.78, 5) is 36.0. The van der Waals surface area contributed by atoms with E-state index in [9.17, 15) is 14.4 Å². The molecule has 1 atom stereocenters. The lowest BCUT2D eigenvalue weighted by atomic mass is 10.2. The van der Waals surface area contributed by atoms with Gasteiger partial charge >= 0.3 is 0 Å². The van der Waals surface area contributed by atoms with E-state index in [0.29, 0.717) is 19.6 Å². The van der Waals surface area contributed by atoms with Gasteiger partial charge in [-0.05, 0) is 6.92 Å². The summed E-state index contributed by atoms with van der Waals surface area (Å²) >= 11 is 0. The van der Waals surface area contributed by atoms with Crippen LogP contribution in [0.15, 0.2) is 0 Å². The predicted molar refractivity (Wildman–Crippen MR) is 82.2 cm³/mol. The topological polar surface area (TPSA) is 90.5 Å². The lowest BCUT2D eigenvalue weighted by molar-refractivity contribution is -0.136. The second-order valence-electron chi connectivity index (χ2n) is 4.97. The molecule has 1 fully saturated rings. The molecule has 122 valence electrons. The molecule has 0 aromatic rings. The van der Waals surface area contributed by atoms with E-state index in [0.717, 1.165) is 13.1 Å². The highest BCUT2D eigenvalue weighted by atomic mass is 35.5. The second kappa shape index (κ2) is 10.4. The summed E-state index contributed by atoms with van der Waals surface area (Å²) in [5.41, 5.74) is 0. The predicted octanol–water partition coefficient (Wildman–Crippen LogP) is -0.739. The SMILES string of the molecule is CC(=O)NCCNC(=O)CCC(=O)N1CCNC[C@@H]1C.Cl. The first-order valence-corrected chi connectivity index (χ1v) is 7.02. The highest BCUT2D eigenvalue weighted by molar-refractivity contribution is 5.85. The molecule has 3 amide bonds. The van der Waals surface area contributed by atoms with Crippen molar-refractivity contribution in [2.75, 3.05) is 32.7 Å². The Morgan fingerprint density at radius 1 is 1.19 bits per heavy atom. The number of nitrogens with one attached hydrogen (secondary N) is 3. The van der Waals surface area contributed by atoms with Gasteiger partial charge in [-0.25, -0.2) is 0 Å². The largest absolute Gasteiger partial charge is 0.355 e. The van der Waals surface area contributed by atoms with Crippen LogP contribution in [0.5, 0.6) is 0 Å². The molecule has 1 rings (SSSR count). The molecule has 0 spiro atoms. The number of rotatable bonds is 6. The first-order valence-electron chi connectivity index (χ1n) is 7.02. The highest BCUT2D eigenvalue weighted by Gasteiger charge is 2.22. The van der Waals surface area contributed by atoms with Gasteiger partial charge < -0.3 is 20.9 Å². The van der Waals surface area contributed by atoms with Gasteiger partial charge in [-0.15, -0.1) is 12.4 Å². The van der Waals surface area contributed by atoms with E-state index < -0.39 is 0 Å². The maximum absolute atomic E-state index is 12.0. The Hall–Kier alpha value is -1.34. The van der Waals surface area contributed by atoms with Gasteiger partial charge in [0.1, 0.15) is 0 Å². The molecule has 0 aromatic heterocycles. The Balaban J connectivity index is 0.00000400. The number of piperazine rings is 1. The van der Waals surface area contributed by atoms with Crippen molar-refractivity contribution in [3.63, 3.8) is 0 Å². The molecule has 1 aliphatic rings. The van der Waals surface area contributed by atoms with Crippen LogP contribution < -0.4 is 16.0 Å². The van der Waals surface area contributed by atoms with Crippen LogP contribution in [0.25, 0.3) is 0 Å². The first kappa shape index (κ1) is 19.7. The summed E-state index contributed by atoms with van der Waals surface area (Å²) in [6.45, 7) is 6.52. The van der Waals surface area contributed by atoms with Crippen LogP contribution in [-0.4, -0.2) is 61.4 Å². The van der Waals surface area contributed by atoms with Crippen LogP contribution in [0.1, 0.15) is 26.7 Å². The minimum atomic E-state index is -0.161. The third kappa shape index (κ3) is 7.87. The van der Waals surface area contributed by atoms with Gasteiger partial charge in [-0.3, -0.25) is 14.4 Å². The monoisotopic (exact) mass is 320 g/mol. The lowest BCUT2D eigenvalue weighted by Crippen LogP contribution is -2.52. The fourth-order valence-electron chi connectivity index (χ4n) is 2.10. The minimum Gasteiger partial charge on any atom is -0.355 e. The number of carbonyl (C=O) groups excluding carboxylic acids is 3. The molecule has 0 unspecified atom stereocenters. The van der Waals surface area contributed by atoms with E-state index in [1.165, 1.54) is 6.92 Å². The van der Waals surface area contributed by atoms with Crippen molar-refractivity contribution >= 4 is 30.1 Å². The van der Waals surface area contributed by atoms with E-state index in [-0.39, 0.29) is 49.0 Å². The summed E-state index contributed by atoms with van der Waals surface area (Å²) < 4.78 is 0. The molecular formula is C13H25ClN4O3. The van der Waals surface area contributed by atoms with Crippen LogP contribution in [0, 0.1) is 0 Å². The van der Waals surface area contributed by atoms with Crippen molar-refractivity contribution < 1.29 is 14.4 Å². The summed E-state index contributed by atoms with van der Waals surface area (Å²) in [5, 5.41) is 8.48. The molecule has 0 saturated carbocycles. The Bertz CT molecular complexity index is 365. The number of amides is 3. The molecule has 1 heterocycles. The van der Waals surface area contributed by atoms with Crippen molar-refractivity contribution in [2.45, 2.75) is 32.7 Å². The van der Waals surface area contributed by atoms with Crippen LogP contribution in [0.4, 0.5) is 0 Å². The standard InChI is InChI=1S/C13H24N4O3.ClH/c1-10-9-14-7-8-17(10)13(20)4-3-12(19)16-6-5-15-11(2)18;/h10,14H,3-9H2,1-2H3,(H,15,18)(H,16,19);1H/t10-;/m0./s1. The Morgan fingerprint density at radius 3 is 2.48 bits per heavy atom. The normalized spacial score (nSPS) is 17.6. The summed E-state index contributed by atoms with van der Waals surface area (Å²) in [7, 11) is 0. The summed E-state index contributed by atoms with van der Waals surface area (Å²) in [6, 6.07) is 0.180. The molecular weight excluding hydrogens is 296 g/mol. The number of nitrogens with zero attached hydrogens (tertiary/aromatic N) is 1.